The number of esters is 1. The minimum atomic E-state index is -0.393. The summed E-state index contributed by atoms with van der Waals surface area (Å²) in [5.41, 5.74) is 4.62. The number of hydrogen-bond donors (Lipinski definition) is 0. The summed E-state index contributed by atoms with van der Waals surface area (Å²) in [7, 11) is 1.36. The molecule has 0 spiro atoms. The molecule has 35 heavy (non-hydrogen) atoms. The van der Waals surface area contributed by atoms with Crippen LogP contribution < -0.4 is 0 Å². The van der Waals surface area contributed by atoms with Gasteiger partial charge in [-0.3, -0.25) is 0 Å². The molecule has 0 amide bonds. The van der Waals surface area contributed by atoms with Gasteiger partial charge < -0.3 is 4.74 Å². The summed E-state index contributed by atoms with van der Waals surface area (Å²) in [6.07, 6.45) is 10.8. The molecule has 3 rings (SSSR count). The standard InChI is InChI=1S/C30H27ClN2O2/c1-4-7-22(10-16-27-17-14-24-13-15-26(31)19-29(24)33-27)18-21(2)25(20-32)12-11-23-8-5-6-9-28(23)30(34)35-3/h4-10,13-19,25H,2,11-12H2,1,3H3/b7-4-,16-10+,22-18+. The summed E-state index contributed by atoms with van der Waals surface area (Å²) < 4.78 is 4.87. The second-order valence-corrected chi connectivity index (χ2v) is 8.43. The van der Waals surface area contributed by atoms with E-state index < -0.39 is 5.92 Å². The minimum Gasteiger partial charge on any atom is -0.465 e. The predicted octanol–water partition coefficient (Wildman–Crippen LogP) is 7.52. The molecule has 0 fully saturated rings. The Labute approximate surface area is 211 Å². The average molecular weight is 483 g/mol. The number of carbonyl (C=O) groups is 1. The zero-order valence-corrected chi connectivity index (χ0v) is 20.6. The van der Waals surface area contributed by atoms with Crippen LogP contribution in [0, 0.1) is 17.2 Å². The van der Waals surface area contributed by atoms with Crippen LogP contribution in [0.15, 0.2) is 96.6 Å². The summed E-state index contributed by atoms with van der Waals surface area (Å²) in [5, 5.41) is 11.5. The number of carbonyl (C=O) groups excluding carboxylic acids is 1. The molecule has 0 aliphatic heterocycles. The molecule has 0 saturated carbocycles. The van der Waals surface area contributed by atoms with Crippen LogP contribution in [0.2, 0.25) is 5.02 Å². The van der Waals surface area contributed by atoms with Crippen molar-refractivity contribution in [2.45, 2.75) is 19.8 Å². The van der Waals surface area contributed by atoms with E-state index in [4.69, 9.17) is 16.3 Å². The van der Waals surface area contributed by atoms with Crippen molar-refractivity contribution < 1.29 is 9.53 Å². The number of ether oxygens (including phenoxy) is 1. The summed E-state index contributed by atoms with van der Waals surface area (Å²) in [6, 6.07) is 19.2. The van der Waals surface area contributed by atoms with E-state index in [-0.39, 0.29) is 5.97 Å². The summed E-state index contributed by atoms with van der Waals surface area (Å²) in [4.78, 5) is 16.7. The SMILES string of the molecule is C=C(/C=C(\C=C/C)/C=C/c1ccc2ccc(Cl)cc2n1)C(C#N)CCc1ccccc1C(=O)OC. The molecule has 0 radical (unpaired) electrons. The van der Waals surface area contributed by atoms with Gasteiger partial charge in [-0.15, -0.1) is 0 Å². The average Bonchev–Trinajstić information content (AvgIpc) is 2.87. The minimum absolute atomic E-state index is 0.377. The Morgan fingerprint density at radius 3 is 2.71 bits per heavy atom. The number of hydrogen-bond acceptors (Lipinski definition) is 4. The van der Waals surface area contributed by atoms with E-state index in [0.717, 1.165) is 27.7 Å². The highest BCUT2D eigenvalue weighted by atomic mass is 35.5. The van der Waals surface area contributed by atoms with E-state index in [1.807, 2.05) is 79.8 Å². The van der Waals surface area contributed by atoms with Crippen molar-refractivity contribution >= 4 is 34.5 Å². The first kappa shape index (κ1) is 25.7. The van der Waals surface area contributed by atoms with Crippen molar-refractivity contribution in [3.8, 4) is 6.07 Å². The monoisotopic (exact) mass is 482 g/mol. The third-order valence-corrected chi connectivity index (χ3v) is 5.80. The number of nitriles is 1. The maximum atomic E-state index is 12.0. The van der Waals surface area contributed by atoms with E-state index >= 15 is 0 Å². The van der Waals surface area contributed by atoms with Gasteiger partial charge in [0.1, 0.15) is 0 Å². The summed E-state index contributed by atoms with van der Waals surface area (Å²) >= 11 is 6.10. The number of rotatable bonds is 9. The van der Waals surface area contributed by atoms with Crippen molar-refractivity contribution in [2.24, 2.45) is 5.92 Å². The van der Waals surface area contributed by atoms with Gasteiger partial charge in [0.05, 0.1) is 35.9 Å². The number of pyridine rings is 1. The van der Waals surface area contributed by atoms with E-state index in [9.17, 15) is 10.1 Å². The van der Waals surface area contributed by atoms with Gasteiger partial charge in [0.25, 0.3) is 0 Å². The maximum Gasteiger partial charge on any atom is 0.338 e. The third-order valence-electron chi connectivity index (χ3n) is 5.56. The van der Waals surface area contributed by atoms with Crippen molar-refractivity contribution in [1.82, 2.24) is 4.98 Å². The number of methoxy groups -OCH3 is 1. The lowest BCUT2D eigenvalue weighted by Gasteiger charge is -2.12. The van der Waals surface area contributed by atoms with Crippen LogP contribution in [0.1, 0.15) is 35.0 Å². The van der Waals surface area contributed by atoms with Gasteiger partial charge in [0, 0.05) is 10.4 Å². The molecule has 2 aromatic carbocycles. The van der Waals surface area contributed by atoms with Crippen LogP contribution in [0.5, 0.6) is 0 Å². The fourth-order valence-electron chi connectivity index (χ4n) is 3.72. The zero-order chi connectivity index (χ0) is 25.2. The molecule has 3 aromatic rings. The Balaban J connectivity index is 1.76. The Hall–Kier alpha value is -3.94. The van der Waals surface area contributed by atoms with Crippen LogP contribution in [0.3, 0.4) is 0 Å². The molecule has 5 heteroatoms. The van der Waals surface area contributed by atoms with Gasteiger partial charge in [-0.25, -0.2) is 9.78 Å². The summed E-state index contributed by atoms with van der Waals surface area (Å²) in [6.45, 7) is 6.09. The lowest BCUT2D eigenvalue weighted by Crippen LogP contribution is -2.08. The van der Waals surface area contributed by atoms with Gasteiger partial charge in [0.15, 0.2) is 0 Å². The quantitative estimate of drug-likeness (QED) is 0.233. The number of aromatic nitrogens is 1. The fourth-order valence-corrected chi connectivity index (χ4v) is 3.89. The van der Waals surface area contributed by atoms with Crippen LogP contribution in [0.25, 0.3) is 17.0 Å². The van der Waals surface area contributed by atoms with E-state index in [0.29, 0.717) is 29.0 Å². The van der Waals surface area contributed by atoms with Crippen LogP contribution in [-0.2, 0) is 11.2 Å². The second kappa shape index (κ2) is 12.5. The molecule has 0 N–H and O–H groups in total. The maximum absolute atomic E-state index is 12.0. The van der Waals surface area contributed by atoms with Crippen molar-refractivity contribution in [1.29, 1.82) is 5.26 Å². The van der Waals surface area contributed by atoms with Crippen molar-refractivity contribution in [3.63, 3.8) is 0 Å². The van der Waals surface area contributed by atoms with Crippen LogP contribution in [0.4, 0.5) is 0 Å². The van der Waals surface area contributed by atoms with Gasteiger partial charge in [-0.05, 0) is 66.8 Å². The predicted molar refractivity (Wildman–Crippen MR) is 143 cm³/mol. The summed E-state index contributed by atoms with van der Waals surface area (Å²) in [5.74, 6) is -0.770. The van der Waals surface area contributed by atoms with Crippen LogP contribution in [-0.4, -0.2) is 18.1 Å². The largest absolute Gasteiger partial charge is 0.465 e. The lowest BCUT2D eigenvalue weighted by molar-refractivity contribution is 0.0599. The zero-order valence-electron chi connectivity index (χ0n) is 19.9. The molecule has 4 nitrogen and oxygen atoms in total. The Morgan fingerprint density at radius 2 is 1.97 bits per heavy atom. The molecule has 1 unspecified atom stereocenters. The molecule has 0 saturated heterocycles. The molecule has 1 atom stereocenters. The topological polar surface area (TPSA) is 63.0 Å². The van der Waals surface area contributed by atoms with Gasteiger partial charge >= 0.3 is 5.97 Å². The molecule has 176 valence electrons. The van der Waals surface area contributed by atoms with Crippen LogP contribution >= 0.6 is 11.6 Å². The first-order valence-electron chi connectivity index (χ1n) is 11.3. The first-order chi connectivity index (χ1) is 16.9. The third kappa shape index (κ3) is 7.02. The van der Waals surface area contributed by atoms with E-state index in [1.54, 1.807) is 12.1 Å². The number of allylic oxidation sites excluding steroid dienone is 6. The molecule has 1 aromatic heterocycles. The molecular weight excluding hydrogens is 456 g/mol. The Bertz CT molecular complexity index is 1360. The lowest BCUT2D eigenvalue weighted by atomic mass is 9.91. The molecular formula is C30H27ClN2O2. The van der Waals surface area contributed by atoms with Gasteiger partial charge in [0.2, 0.25) is 0 Å². The smallest absolute Gasteiger partial charge is 0.338 e. The van der Waals surface area contributed by atoms with Gasteiger partial charge in [-0.2, -0.15) is 5.26 Å². The molecule has 0 bridgehead atoms. The molecule has 0 aliphatic rings. The normalized spacial score (nSPS) is 12.7. The first-order valence-corrected chi connectivity index (χ1v) is 11.7. The van der Waals surface area contributed by atoms with E-state index in [2.05, 4.69) is 17.6 Å². The number of benzene rings is 2. The van der Waals surface area contributed by atoms with E-state index in [1.165, 1.54) is 7.11 Å². The number of aryl methyl sites for hydroxylation is 1. The Morgan fingerprint density at radius 1 is 1.20 bits per heavy atom. The number of nitrogens with zero attached hydrogens (tertiary/aromatic N) is 2. The second-order valence-electron chi connectivity index (χ2n) is 7.99. The highest BCUT2D eigenvalue weighted by molar-refractivity contribution is 6.31. The highest BCUT2D eigenvalue weighted by Gasteiger charge is 2.15. The molecule has 1 heterocycles. The molecule has 0 aliphatic carbocycles. The fraction of sp³-hybridized carbons (Fsp3) is 0.167. The number of halogens is 1. The highest BCUT2D eigenvalue weighted by Crippen LogP contribution is 2.22. The number of fused-ring (bicyclic) bond motifs is 1. The van der Waals surface area contributed by atoms with Crippen molar-refractivity contribution in [2.75, 3.05) is 7.11 Å². The van der Waals surface area contributed by atoms with Gasteiger partial charge in [-0.1, -0.05) is 72.8 Å². The Kier molecular flexibility index (Phi) is 9.17. The van der Waals surface area contributed by atoms with Crippen molar-refractivity contribution in [3.05, 3.63) is 118 Å².